The van der Waals surface area contributed by atoms with Gasteiger partial charge in [0.05, 0.1) is 0 Å². The lowest BCUT2D eigenvalue weighted by molar-refractivity contribution is -0.116. The van der Waals surface area contributed by atoms with Gasteiger partial charge in [-0.25, -0.2) is 4.39 Å². The molecule has 1 aromatic carbocycles. The molecule has 2 rings (SSSR count). The molecule has 1 aromatic rings. The van der Waals surface area contributed by atoms with Crippen LogP contribution in [0.15, 0.2) is 53.8 Å². The highest BCUT2D eigenvalue weighted by Crippen LogP contribution is 2.27. The zero-order chi connectivity index (χ0) is 16.8. The van der Waals surface area contributed by atoms with Crippen LogP contribution in [0.1, 0.15) is 45.1 Å². The molecule has 1 aliphatic carbocycles. The van der Waals surface area contributed by atoms with Gasteiger partial charge in [0, 0.05) is 17.8 Å². The zero-order valence-electron chi connectivity index (χ0n) is 13.9. The first-order valence-corrected chi connectivity index (χ1v) is 8.07. The highest BCUT2D eigenvalue weighted by Gasteiger charge is 2.09. The highest BCUT2D eigenvalue weighted by molar-refractivity contribution is 5.78. The van der Waals surface area contributed by atoms with Crippen LogP contribution in [0.25, 0.3) is 0 Å². The molecule has 0 aromatic heterocycles. The second kappa shape index (κ2) is 7.91. The van der Waals surface area contributed by atoms with Crippen molar-refractivity contribution >= 4 is 11.5 Å². The maximum Gasteiger partial charge on any atom is 0.134 e. The number of rotatable bonds is 6. The predicted molar refractivity (Wildman–Crippen MR) is 93.9 cm³/mol. The Morgan fingerprint density at radius 3 is 2.57 bits per heavy atom. The molecule has 23 heavy (non-hydrogen) atoms. The number of ketones is 1. The number of hydrogen-bond donors (Lipinski definition) is 1. The third-order valence-corrected chi connectivity index (χ3v) is 4.03. The van der Waals surface area contributed by atoms with Gasteiger partial charge in [-0.2, -0.15) is 0 Å². The number of halogens is 1. The van der Waals surface area contributed by atoms with Gasteiger partial charge in [-0.3, -0.25) is 4.79 Å². The summed E-state index contributed by atoms with van der Waals surface area (Å²) >= 11 is 0. The van der Waals surface area contributed by atoms with Crippen molar-refractivity contribution in [2.24, 2.45) is 0 Å². The largest absolute Gasteiger partial charge is 0.359 e. The summed E-state index contributed by atoms with van der Waals surface area (Å²) in [6.07, 6.45) is 8.75. The van der Waals surface area contributed by atoms with Gasteiger partial charge in [-0.1, -0.05) is 18.7 Å². The molecule has 3 heteroatoms. The van der Waals surface area contributed by atoms with E-state index in [1.807, 2.05) is 19.1 Å². The van der Waals surface area contributed by atoms with Crippen molar-refractivity contribution in [2.75, 3.05) is 5.32 Å². The second-order valence-corrected chi connectivity index (χ2v) is 6.10. The van der Waals surface area contributed by atoms with E-state index in [2.05, 4.69) is 18.0 Å². The lowest BCUT2D eigenvalue weighted by Crippen LogP contribution is -2.03. The van der Waals surface area contributed by atoms with Gasteiger partial charge in [-0.15, -0.1) is 0 Å². The van der Waals surface area contributed by atoms with E-state index in [0.717, 1.165) is 18.5 Å². The molecule has 0 radical (unpaired) electrons. The van der Waals surface area contributed by atoms with Crippen molar-refractivity contribution in [3.05, 3.63) is 65.2 Å². The van der Waals surface area contributed by atoms with Crippen molar-refractivity contribution in [3.8, 4) is 0 Å². The summed E-state index contributed by atoms with van der Waals surface area (Å²) in [5.41, 5.74) is 4.72. The quantitative estimate of drug-likeness (QED) is 0.769. The van der Waals surface area contributed by atoms with Crippen LogP contribution in [-0.2, 0) is 11.2 Å². The van der Waals surface area contributed by atoms with Crippen LogP contribution in [-0.4, -0.2) is 5.78 Å². The Bertz CT molecular complexity index is 670. The third-order valence-electron chi connectivity index (χ3n) is 4.03. The predicted octanol–water partition coefficient (Wildman–Crippen LogP) is 5.33. The molecule has 0 saturated carbocycles. The Kier molecular flexibility index (Phi) is 5.91. The summed E-state index contributed by atoms with van der Waals surface area (Å²) in [5, 5.41) is 3.22. The van der Waals surface area contributed by atoms with Gasteiger partial charge in [0.2, 0.25) is 0 Å². The van der Waals surface area contributed by atoms with Crippen molar-refractivity contribution in [2.45, 2.75) is 46.0 Å². The van der Waals surface area contributed by atoms with Crippen LogP contribution in [0, 0.1) is 5.82 Å². The fourth-order valence-electron chi connectivity index (χ4n) is 2.91. The Hall–Kier alpha value is -2.16. The summed E-state index contributed by atoms with van der Waals surface area (Å²) in [5.74, 6) is -0.386. The number of benzene rings is 1. The van der Waals surface area contributed by atoms with Crippen LogP contribution < -0.4 is 5.32 Å². The number of allylic oxidation sites excluding steroid dienone is 5. The Morgan fingerprint density at radius 1 is 1.26 bits per heavy atom. The summed E-state index contributed by atoms with van der Waals surface area (Å²) in [4.78, 5) is 11.1. The van der Waals surface area contributed by atoms with Crippen LogP contribution >= 0.6 is 0 Å². The molecule has 0 aliphatic heterocycles. The standard InChI is InChI=1S/C20H24FNO/c1-4-16-7-5-6-8-17(16)11-14(2)22-19-10-9-18(12-15(3)23)20(21)13-19/h4,9-11,13,22H,1,5-8,12H2,2-3H3/b14-11+. The summed E-state index contributed by atoms with van der Waals surface area (Å²) in [7, 11) is 0. The summed E-state index contributed by atoms with van der Waals surface area (Å²) < 4.78 is 14.0. The molecular formula is C20H24FNO. The minimum Gasteiger partial charge on any atom is -0.359 e. The number of carbonyl (C=O) groups is 1. The Labute approximate surface area is 137 Å². The molecular weight excluding hydrogens is 289 g/mol. The van der Waals surface area contributed by atoms with Gasteiger partial charge >= 0.3 is 0 Å². The fourth-order valence-corrected chi connectivity index (χ4v) is 2.91. The number of anilines is 1. The van der Waals surface area contributed by atoms with Crippen molar-refractivity contribution in [1.29, 1.82) is 0 Å². The van der Waals surface area contributed by atoms with Crippen molar-refractivity contribution < 1.29 is 9.18 Å². The normalized spacial score (nSPS) is 15.5. The molecule has 0 bridgehead atoms. The van der Waals surface area contributed by atoms with E-state index >= 15 is 0 Å². The second-order valence-electron chi connectivity index (χ2n) is 6.10. The van der Waals surface area contributed by atoms with E-state index in [-0.39, 0.29) is 18.0 Å². The SMILES string of the molecule is C=CC1=C(/C=C(\C)Nc2ccc(CC(C)=O)c(F)c2)CCCC1. The Morgan fingerprint density at radius 2 is 1.96 bits per heavy atom. The average molecular weight is 313 g/mol. The molecule has 1 aliphatic rings. The average Bonchev–Trinajstić information content (AvgIpc) is 2.50. The van der Waals surface area contributed by atoms with E-state index in [0.29, 0.717) is 11.3 Å². The lowest BCUT2D eigenvalue weighted by Gasteiger charge is -2.17. The van der Waals surface area contributed by atoms with E-state index in [1.165, 1.54) is 37.0 Å². The molecule has 122 valence electrons. The fraction of sp³-hybridized carbons (Fsp3) is 0.350. The first-order chi connectivity index (χ1) is 11.0. The number of hydrogen-bond acceptors (Lipinski definition) is 2. The van der Waals surface area contributed by atoms with Crippen LogP contribution in [0.4, 0.5) is 10.1 Å². The van der Waals surface area contributed by atoms with Crippen LogP contribution in [0.5, 0.6) is 0 Å². The first-order valence-electron chi connectivity index (χ1n) is 8.07. The third kappa shape index (κ3) is 4.92. The molecule has 0 amide bonds. The maximum atomic E-state index is 14.0. The zero-order valence-corrected chi connectivity index (χ0v) is 13.9. The van der Waals surface area contributed by atoms with Gasteiger partial charge in [0.25, 0.3) is 0 Å². The molecule has 0 atom stereocenters. The van der Waals surface area contributed by atoms with E-state index in [1.54, 1.807) is 6.07 Å². The molecule has 0 saturated heterocycles. The first kappa shape index (κ1) is 17.2. The van der Waals surface area contributed by atoms with E-state index in [9.17, 15) is 9.18 Å². The molecule has 0 unspecified atom stereocenters. The van der Waals surface area contributed by atoms with Crippen molar-refractivity contribution in [3.63, 3.8) is 0 Å². The van der Waals surface area contributed by atoms with E-state index in [4.69, 9.17) is 0 Å². The number of nitrogens with one attached hydrogen (secondary N) is 1. The summed E-state index contributed by atoms with van der Waals surface area (Å²) in [6.45, 7) is 7.33. The van der Waals surface area contributed by atoms with Gasteiger partial charge in [0.15, 0.2) is 0 Å². The maximum absolute atomic E-state index is 14.0. The van der Waals surface area contributed by atoms with E-state index < -0.39 is 0 Å². The minimum atomic E-state index is -0.346. The van der Waals surface area contributed by atoms with Crippen LogP contribution in [0.3, 0.4) is 0 Å². The minimum absolute atomic E-state index is 0.0399. The van der Waals surface area contributed by atoms with Gasteiger partial charge < -0.3 is 5.32 Å². The topological polar surface area (TPSA) is 29.1 Å². The summed E-state index contributed by atoms with van der Waals surface area (Å²) in [6, 6.07) is 4.92. The Balaban J connectivity index is 2.13. The number of carbonyl (C=O) groups excluding carboxylic acids is 1. The molecule has 1 N–H and O–H groups in total. The number of Topliss-reactive ketones (excluding diaryl/α,β-unsaturated/α-hetero) is 1. The monoisotopic (exact) mass is 313 g/mol. The molecule has 0 fully saturated rings. The van der Waals surface area contributed by atoms with Gasteiger partial charge in [0.1, 0.15) is 11.6 Å². The lowest BCUT2D eigenvalue weighted by atomic mass is 9.91. The van der Waals surface area contributed by atoms with Crippen LogP contribution in [0.2, 0.25) is 0 Å². The molecule has 0 spiro atoms. The van der Waals surface area contributed by atoms with Gasteiger partial charge in [-0.05, 0) is 74.4 Å². The molecule has 2 nitrogen and oxygen atoms in total. The molecule has 0 heterocycles. The van der Waals surface area contributed by atoms with Crippen molar-refractivity contribution in [1.82, 2.24) is 0 Å². The highest BCUT2D eigenvalue weighted by atomic mass is 19.1. The smallest absolute Gasteiger partial charge is 0.134 e.